The molecule has 0 bridgehead atoms. The van der Waals surface area contributed by atoms with Crippen LogP contribution >= 0.6 is 11.6 Å². The Morgan fingerprint density at radius 3 is 2.19 bits per heavy atom. The number of hydrogen-bond acceptors (Lipinski definition) is 3. The number of ether oxygens (including phenoxy) is 1. The lowest BCUT2D eigenvalue weighted by atomic mass is 10.2. The van der Waals surface area contributed by atoms with E-state index in [2.05, 4.69) is 4.72 Å². The zero-order valence-electron chi connectivity index (χ0n) is 11.5. The van der Waals surface area contributed by atoms with E-state index < -0.39 is 10.0 Å². The van der Waals surface area contributed by atoms with Crippen LogP contribution in [0.4, 0.5) is 5.69 Å². The van der Waals surface area contributed by atoms with Gasteiger partial charge in [0.15, 0.2) is 0 Å². The molecular weight excluding hydrogens is 310 g/mol. The van der Waals surface area contributed by atoms with Crippen molar-refractivity contribution in [2.75, 3.05) is 17.7 Å². The minimum Gasteiger partial charge on any atom is -0.497 e. The third kappa shape index (κ3) is 4.12. The van der Waals surface area contributed by atoms with Crippen LogP contribution < -0.4 is 9.46 Å². The Morgan fingerprint density at radius 2 is 1.67 bits per heavy atom. The van der Waals surface area contributed by atoms with Crippen molar-refractivity contribution in [1.29, 1.82) is 0 Å². The van der Waals surface area contributed by atoms with Crippen molar-refractivity contribution in [3.05, 3.63) is 54.1 Å². The summed E-state index contributed by atoms with van der Waals surface area (Å²) in [5.41, 5.74) is 1.49. The first-order chi connectivity index (χ1) is 10.0. The monoisotopic (exact) mass is 325 g/mol. The number of alkyl halides is 1. The van der Waals surface area contributed by atoms with Gasteiger partial charge in [0.05, 0.1) is 12.0 Å². The maximum Gasteiger partial charge on any atom is 0.261 e. The number of benzene rings is 2. The van der Waals surface area contributed by atoms with Crippen molar-refractivity contribution < 1.29 is 13.2 Å². The van der Waals surface area contributed by atoms with Crippen LogP contribution in [0.1, 0.15) is 5.56 Å². The molecule has 1 N–H and O–H groups in total. The topological polar surface area (TPSA) is 55.4 Å². The molecule has 0 saturated heterocycles. The van der Waals surface area contributed by atoms with Gasteiger partial charge in [-0.3, -0.25) is 4.72 Å². The Balaban J connectivity index is 2.16. The third-order valence-electron chi connectivity index (χ3n) is 2.96. The van der Waals surface area contributed by atoms with Gasteiger partial charge in [-0.05, 0) is 48.4 Å². The van der Waals surface area contributed by atoms with Crippen molar-refractivity contribution >= 4 is 27.3 Å². The molecule has 0 aromatic heterocycles. The van der Waals surface area contributed by atoms with Gasteiger partial charge in [0.1, 0.15) is 5.75 Å². The number of nitrogens with one attached hydrogen (secondary N) is 1. The average Bonchev–Trinajstić information content (AvgIpc) is 2.48. The quantitative estimate of drug-likeness (QED) is 0.829. The van der Waals surface area contributed by atoms with Gasteiger partial charge in [-0.1, -0.05) is 12.1 Å². The smallest absolute Gasteiger partial charge is 0.261 e. The van der Waals surface area contributed by atoms with Gasteiger partial charge in [-0.25, -0.2) is 8.42 Å². The molecule has 112 valence electrons. The lowest BCUT2D eigenvalue weighted by Crippen LogP contribution is -2.12. The van der Waals surface area contributed by atoms with Crippen molar-refractivity contribution in [1.82, 2.24) is 0 Å². The number of aryl methyl sites for hydroxylation is 1. The maximum atomic E-state index is 12.3. The molecule has 21 heavy (non-hydrogen) atoms. The number of anilines is 1. The molecule has 0 atom stereocenters. The van der Waals surface area contributed by atoms with Crippen LogP contribution in [0.15, 0.2) is 53.4 Å². The molecule has 6 heteroatoms. The zero-order valence-corrected chi connectivity index (χ0v) is 13.1. The standard InChI is InChI=1S/C15H16ClNO3S/c1-20-14-6-4-13(5-7-14)17-21(18,19)15-8-2-12(3-9-15)10-11-16/h2-9,17H,10-11H2,1H3. The van der Waals surface area contributed by atoms with Gasteiger partial charge < -0.3 is 4.74 Å². The second-order valence-electron chi connectivity index (χ2n) is 4.42. The van der Waals surface area contributed by atoms with Gasteiger partial charge in [-0.2, -0.15) is 0 Å². The van der Waals surface area contributed by atoms with E-state index in [1.807, 2.05) is 0 Å². The summed E-state index contributed by atoms with van der Waals surface area (Å²) in [6, 6.07) is 13.4. The molecule has 2 aromatic rings. The van der Waals surface area contributed by atoms with Crippen molar-refractivity contribution in [3.8, 4) is 5.75 Å². The van der Waals surface area contributed by atoms with Crippen LogP contribution in [-0.2, 0) is 16.4 Å². The van der Waals surface area contributed by atoms with Crippen molar-refractivity contribution in [3.63, 3.8) is 0 Å². The van der Waals surface area contributed by atoms with Crippen LogP contribution in [0.3, 0.4) is 0 Å². The SMILES string of the molecule is COc1ccc(NS(=O)(=O)c2ccc(CCCl)cc2)cc1. The number of sulfonamides is 1. The van der Waals surface area contributed by atoms with Crippen LogP contribution in [0.5, 0.6) is 5.75 Å². The van der Waals surface area contributed by atoms with Crippen LogP contribution in [0.2, 0.25) is 0 Å². The molecule has 0 radical (unpaired) electrons. The van der Waals surface area contributed by atoms with Gasteiger partial charge >= 0.3 is 0 Å². The van der Waals surface area contributed by atoms with E-state index in [0.29, 0.717) is 23.7 Å². The van der Waals surface area contributed by atoms with E-state index in [1.54, 1.807) is 55.6 Å². The van der Waals surface area contributed by atoms with E-state index in [4.69, 9.17) is 16.3 Å². The Hall–Kier alpha value is -1.72. The number of rotatable bonds is 6. The number of halogens is 1. The van der Waals surface area contributed by atoms with Gasteiger partial charge in [0.2, 0.25) is 0 Å². The fraction of sp³-hybridized carbons (Fsp3) is 0.200. The second kappa shape index (κ2) is 6.83. The Morgan fingerprint density at radius 1 is 1.05 bits per heavy atom. The highest BCUT2D eigenvalue weighted by atomic mass is 35.5. The molecule has 0 spiro atoms. The molecule has 0 aliphatic rings. The molecule has 0 aliphatic heterocycles. The summed E-state index contributed by atoms with van der Waals surface area (Å²) < 4.78 is 32.1. The van der Waals surface area contributed by atoms with Crippen molar-refractivity contribution in [2.45, 2.75) is 11.3 Å². The molecule has 0 unspecified atom stereocenters. The summed E-state index contributed by atoms with van der Waals surface area (Å²) >= 11 is 5.66. The van der Waals surface area contributed by atoms with E-state index in [0.717, 1.165) is 5.56 Å². The molecule has 0 fully saturated rings. The first kappa shape index (κ1) is 15.7. The summed E-state index contributed by atoms with van der Waals surface area (Å²) in [5.74, 6) is 1.18. The summed E-state index contributed by atoms with van der Waals surface area (Å²) in [4.78, 5) is 0.219. The summed E-state index contributed by atoms with van der Waals surface area (Å²) in [7, 11) is -2.03. The predicted octanol–water partition coefficient (Wildman–Crippen LogP) is 3.28. The first-order valence-corrected chi connectivity index (χ1v) is 8.39. The van der Waals surface area contributed by atoms with Gasteiger partial charge in [0, 0.05) is 11.6 Å². The normalized spacial score (nSPS) is 11.1. The molecule has 0 heterocycles. The largest absolute Gasteiger partial charge is 0.497 e. The highest BCUT2D eigenvalue weighted by Crippen LogP contribution is 2.19. The molecule has 0 aliphatic carbocycles. The summed E-state index contributed by atoms with van der Waals surface area (Å²) in [6.45, 7) is 0. The molecule has 4 nitrogen and oxygen atoms in total. The van der Waals surface area contributed by atoms with E-state index in [9.17, 15) is 8.42 Å². The van der Waals surface area contributed by atoms with Crippen LogP contribution in [-0.4, -0.2) is 21.4 Å². The fourth-order valence-corrected chi connectivity index (χ4v) is 3.09. The van der Waals surface area contributed by atoms with E-state index in [1.165, 1.54) is 0 Å². The minimum absolute atomic E-state index is 0.219. The van der Waals surface area contributed by atoms with Crippen LogP contribution in [0, 0.1) is 0 Å². The molecule has 2 rings (SSSR count). The highest BCUT2D eigenvalue weighted by Gasteiger charge is 2.13. The van der Waals surface area contributed by atoms with E-state index in [-0.39, 0.29) is 4.90 Å². The Bertz CT molecular complexity index is 682. The zero-order chi connectivity index (χ0) is 15.3. The average molecular weight is 326 g/mol. The molecule has 2 aromatic carbocycles. The Labute approximate surface area is 129 Å². The minimum atomic E-state index is -3.59. The maximum absolute atomic E-state index is 12.3. The lowest BCUT2D eigenvalue weighted by Gasteiger charge is -2.09. The van der Waals surface area contributed by atoms with Crippen molar-refractivity contribution in [2.24, 2.45) is 0 Å². The fourth-order valence-electron chi connectivity index (χ4n) is 1.82. The van der Waals surface area contributed by atoms with Gasteiger partial charge in [0.25, 0.3) is 10.0 Å². The highest BCUT2D eigenvalue weighted by molar-refractivity contribution is 7.92. The molecule has 0 saturated carbocycles. The second-order valence-corrected chi connectivity index (χ2v) is 6.48. The Kier molecular flexibility index (Phi) is 5.09. The molecule has 0 amide bonds. The van der Waals surface area contributed by atoms with Gasteiger partial charge in [-0.15, -0.1) is 11.6 Å². The van der Waals surface area contributed by atoms with E-state index >= 15 is 0 Å². The number of methoxy groups -OCH3 is 1. The summed E-state index contributed by atoms with van der Waals surface area (Å²) in [5, 5.41) is 0. The summed E-state index contributed by atoms with van der Waals surface area (Å²) in [6.07, 6.45) is 0.716. The predicted molar refractivity (Wildman–Crippen MR) is 84.7 cm³/mol. The number of hydrogen-bond donors (Lipinski definition) is 1. The lowest BCUT2D eigenvalue weighted by molar-refractivity contribution is 0.415. The first-order valence-electron chi connectivity index (χ1n) is 6.37. The molecular formula is C15H16ClNO3S. The third-order valence-corrected chi connectivity index (χ3v) is 4.55. The van der Waals surface area contributed by atoms with Crippen LogP contribution in [0.25, 0.3) is 0 Å².